The summed E-state index contributed by atoms with van der Waals surface area (Å²) in [6, 6.07) is 7.89. The van der Waals surface area contributed by atoms with Crippen molar-refractivity contribution in [3.8, 4) is 0 Å². The first-order valence-corrected chi connectivity index (χ1v) is 5.52. The van der Waals surface area contributed by atoms with Crippen LogP contribution in [0.15, 0.2) is 24.3 Å². The molecule has 0 aromatic heterocycles. The van der Waals surface area contributed by atoms with Crippen LogP contribution >= 0.6 is 0 Å². The zero-order chi connectivity index (χ0) is 11.1. The minimum atomic E-state index is -0.763. The molecule has 0 heterocycles. The maximum absolute atomic E-state index is 10.5. The molecule has 0 aliphatic heterocycles. The molecule has 3 heteroatoms. The number of hydrogen-bond donors (Lipinski definition) is 1. The van der Waals surface area contributed by atoms with Gasteiger partial charge in [0.2, 0.25) is 0 Å². The van der Waals surface area contributed by atoms with Crippen molar-refractivity contribution in [1.29, 1.82) is 0 Å². The van der Waals surface area contributed by atoms with E-state index < -0.39 is 5.97 Å². The van der Waals surface area contributed by atoms with Gasteiger partial charge in [0.05, 0.1) is 6.42 Å². The molecule has 1 N–H and O–H groups in total. The molecule has 84 valence electrons. The van der Waals surface area contributed by atoms with Crippen LogP contribution in [0, 0.1) is 0 Å². The number of carboxylic acids is 1. The standard InChI is InChI=1S/C13H18O2.Na.H/c1-2-3-4-6-11-7-5-8-12(9-11)10-13(14)15;;/h5,7-9H,2-4,6,10H2,1H3,(H,14,15);;. The van der Waals surface area contributed by atoms with E-state index in [0.29, 0.717) is 0 Å². The molecule has 0 unspecified atom stereocenters. The van der Waals surface area contributed by atoms with Gasteiger partial charge in [0.25, 0.3) is 0 Å². The van der Waals surface area contributed by atoms with E-state index in [9.17, 15) is 4.79 Å². The second-order valence-electron chi connectivity index (χ2n) is 3.85. The first-order chi connectivity index (χ1) is 7.22. The molecule has 0 saturated heterocycles. The fraction of sp³-hybridized carbons (Fsp3) is 0.462. The van der Waals surface area contributed by atoms with Crippen molar-refractivity contribution in [1.82, 2.24) is 0 Å². The van der Waals surface area contributed by atoms with Crippen LogP contribution in [0.3, 0.4) is 0 Å². The third kappa shape index (κ3) is 6.31. The van der Waals surface area contributed by atoms with Crippen molar-refractivity contribution in [3.63, 3.8) is 0 Å². The van der Waals surface area contributed by atoms with E-state index in [2.05, 4.69) is 13.0 Å². The van der Waals surface area contributed by atoms with Crippen LogP contribution in [0.4, 0.5) is 0 Å². The number of aryl methyl sites for hydroxylation is 1. The molecule has 0 amide bonds. The van der Waals surface area contributed by atoms with Gasteiger partial charge in [-0.05, 0) is 24.0 Å². The van der Waals surface area contributed by atoms with Crippen molar-refractivity contribution < 1.29 is 9.90 Å². The average Bonchev–Trinajstić information content (AvgIpc) is 2.18. The molecule has 0 fully saturated rings. The van der Waals surface area contributed by atoms with Gasteiger partial charge in [0.15, 0.2) is 0 Å². The Hall–Kier alpha value is -0.310. The van der Waals surface area contributed by atoms with E-state index in [1.807, 2.05) is 18.2 Å². The van der Waals surface area contributed by atoms with Gasteiger partial charge in [-0.15, -0.1) is 0 Å². The molecule has 0 saturated carbocycles. The summed E-state index contributed by atoms with van der Waals surface area (Å²) in [7, 11) is 0. The Kier molecular flexibility index (Phi) is 8.63. The Bertz CT molecular complexity index is 323. The average molecular weight is 230 g/mol. The number of hydrogen-bond acceptors (Lipinski definition) is 1. The number of carboxylic acid groups (broad SMARTS) is 1. The van der Waals surface area contributed by atoms with E-state index in [1.165, 1.54) is 24.8 Å². The normalized spacial score (nSPS) is 9.56. The molecule has 1 rings (SSSR count). The summed E-state index contributed by atoms with van der Waals surface area (Å²) in [6.45, 7) is 2.18. The van der Waals surface area contributed by atoms with Gasteiger partial charge >= 0.3 is 35.5 Å². The van der Waals surface area contributed by atoms with Gasteiger partial charge in [-0.3, -0.25) is 4.79 Å². The number of unbranched alkanes of at least 4 members (excludes halogenated alkanes) is 2. The predicted octanol–water partition coefficient (Wildman–Crippen LogP) is 2.40. The zero-order valence-corrected chi connectivity index (χ0v) is 9.20. The number of aliphatic carboxylic acids is 1. The molecular formula is C13H19NaO2. The van der Waals surface area contributed by atoms with Crippen molar-refractivity contribution in [2.24, 2.45) is 0 Å². The summed E-state index contributed by atoms with van der Waals surface area (Å²) in [4.78, 5) is 10.5. The molecule has 16 heavy (non-hydrogen) atoms. The summed E-state index contributed by atoms with van der Waals surface area (Å²) < 4.78 is 0. The van der Waals surface area contributed by atoms with Crippen molar-refractivity contribution in [2.75, 3.05) is 0 Å². The van der Waals surface area contributed by atoms with Crippen LogP contribution in [0.2, 0.25) is 0 Å². The van der Waals surface area contributed by atoms with Crippen molar-refractivity contribution in [2.45, 2.75) is 39.0 Å². The number of rotatable bonds is 6. The Morgan fingerprint density at radius 3 is 2.56 bits per heavy atom. The number of benzene rings is 1. The molecule has 1 aromatic rings. The molecule has 0 aliphatic carbocycles. The van der Waals surface area contributed by atoms with Gasteiger partial charge < -0.3 is 5.11 Å². The Balaban J connectivity index is 0.00000225. The molecule has 1 aromatic carbocycles. The molecular weight excluding hydrogens is 211 g/mol. The van der Waals surface area contributed by atoms with E-state index in [-0.39, 0.29) is 36.0 Å². The monoisotopic (exact) mass is 230 g/mol. The van der Waals surface area contributed by atoms with E-state index in [0.717, 1.165) is 12.0 Å². The second-order valence-corrected chi connectivity index (χ2v) is 3.85. The Labute approximate surface area is 119 Å². The topological polar surface area (TPSA) is 37.3 Å². The van der Waals surface area contributed by atoms with Crippen LogP contribution in [0.25, 0.3) is 0 Å². The molecule has 0 bridgehead atoms. The Morgan fingerprint density at radius 2 is 1.94 bits per heavy atom. The van der Waals surface area contributed by atoms with E-state index in [1.54, 1.807) is 0 Å². The SMILES string of the molecule is CCCCCc1cccc(CC(=O)O)c1.[NaH]. The minimum absolute atomic E-state index is 0. The summed E-state index contributed by atoms with van der Waals surface area (Å²) in [6.07, 6.45) is 4.83. The van der Waals surface area contributed by atoms with E-state index >= 15 is 0 Å². The molecule has 0 aliphatic rings. The van der Waals surface area contributed by atoms with Crippen molar-refractivity contribution in [3.05, 3.63) is 35.4 Å². The fourth-order valence-corrected chi connectivity index (χ4v) is 1.65. The first-order valence-electron chi connectivity index (χ1n) is 5.52. The second kappa shape index (κ2) is 8.80. The fourth-order valence-electron chi connectivity index (χ4n) is 1.65. The summed E-state index contributed by atoms with van der Waals surface area (Å²) in [5, 5.41) is 8.67. The first kappa shape index (κ1) is 15.7. The molecule has 2 nitrogen and oxygen atoms in total. The third-order valence-corrected chi connectivity index (χ3v) is 2.42. The summed E-state index contributed by atoms with van der Waals surface area (Å²) >= 11 is 0. The van der Waals surface area contributed by atoms with Gasteiger partial charge in [0.1, 0.15) is 0 Å². The molecule has 0 atom stereocenters. The van der Waals surface area contributed by atoms with Crippen LogP contribution in [-0.4, -0.2) is 40.6 Å². The van der Waals surface area contributed by atoms with E-state index in [4.69, 9.17) is 5.11 Å². The van der Waals surface area contributed by atoms with Crippen LogP contribution in [-0.2, 0) is 17.6 Å². The third-order valence-electron chi connectivity index (χ3n) is 2.42. The number of carbonyl (C=O) groups is 1. The Morgan fingerprint density at radius 1 is 1.25 bits per heavy atom. The molecule has 0 radical (unpaired) electrons. The van der Waals surface area contributed by atoms with Crippen LogP contribution in [0.5, 0.6) is 0 Å². The van der Waals surface area contributed by atoms with Gasteiger partial charge in [0, 0.05) is 0 Å². The molecule has 0 spiro atoms. The maximum atomic E-state index is 10.5. The zero-order valence-electron chi connectivity index (χ0n) is 9.20. The van der Waals surface area contributed by atoms with Crippen LogP contribution in [0.1, 0.15) is 37.3 Å². The van der Waals surface area contributed by atoms with Crippen molar-refractivity contribution >= 4 is 35.5 Å². The van der Waals surface area contributed by atoms with Crippen LogP contribution < -0.4 is 0 Å². The van der Waals surface area contributed by atoms with Gasteiger partial charge in [-0.25, -0.2) is 0 Å². The summed E-state index contributed by atoms with van der Waals surface area (Å²) in [5.41, 5.74) is 2.15. The van der Waals surface area contributed by atoms with Gasteiger partial charge in [-0.1, -0.05) is 44.0 Å². The summed E-state index contributed by atoms with van der Waals surface area (Å²) in [5.74, 6) is -0.763. The quantitative estimate of drug-likeness (QED) is 0.602. The predicted molar refractivity (Wildman–Crippen MR) is 68.2 cm³/mol. The van der Waals surface area contributed by atoms with Gasteiger partial charge in [-0.2, -0.15) is 0 Å².